The summed E-state index contributed by atoms with van der Waals surface area (Å²) in [5, 5.41) is 11.6. The van der Waals surface area contributed by atoms with Crippen LogP contribution >= 0.6 is 0 Å². The molecule has 0 N–H and O–H groups in total. The summed E-state index contributed by atoms with van der Waals surface area (Å²) < 4.78 is 1.99. The van der Waals surface area contributed by atoms with Crippen molar-refractivity contribution in [1.29, 1.82) is 0 Å². The molecule has 1 aromatic heterocycles. The minimum atomic E-state index is -0.283. The van der Waals surface area contributed by atoms with Gasteiger partial charge in [-0.15, -0.1) is 0 Å². The molecule has 0 spiro atoms. The SMILES string of the molecule is Cc1c(C[N+](=O)[O-])c2ccccc2n1C. The first-order valence-electron chi connectivity index (χ1n) is 4.76. The Morgan fingerprint density at radius 3 is 2.73 bits per heavy atom. The topological polar surface area (TPSA) is 48.1 Å². The van der Waals surface area contributed by atoms with Gasteiger partial charge >= 0.3 is 0 Å². The molecule has 1 heterocycles. The molecule has 1 aromatic carbocycles. The van der Waals surface area contributed by atoms with E-state index in [0.29, 0.717) is 0 Å². The molecule has 2 rings (SSSR count). The van der Waals surface area contributed by atoms with Crippen LogP contribution in [0.4, 0.5) is 0 Å². The first kappa shape index (κ1) is 9.71. The lowest BCUT2D eigenvalue weighted by Gasteiger charge is -1.97. The monoisotopic (exact) mass is 204 g/mol. The smallest absolute Gasteiger partial charge is 0.231 e. The van der Waals surface area contributed by atoms with Crippen LogP contribution in [0.5, 0.6) is 0 Å². The van der Waals surface area contributed by atoms with E-state index in [0.717, 1.165) is 22.2 Å². The molecule has 0 radical (unpaired) electrons. The highest BCUT2D eigenvalue weighted by atomic mass is 16.6. The van der Waals surface area contributed by atoms with E-state index in [9.17, 15) is 10.1 Å². The number of nitro groups is 1. The Balaban J connectivity index is 2.72. The summed E-state index contributed by atoms with van der Waals surface area (Å²) in [6, 6.07) is 7.76. The first-order valence-corrected chi connectivity index (χ1v) is 4.76. The molecule has 4 nitrogen and oxygen atoms in total. The number of fused-ring (bicyclic) bond motifs is 1. The van der Waals surface area contributed by atoms with E-state index in [1.165, 1.54) is 0 Å². The zero-order valence-electron chi connectivity index (χ0n) is 8.73. The second-order valence-electron chi connectivity index (χ2n) is 3.63. The van der Waals surface area contributed by atoms with Gasteiger partial charge in [0.15, 0.2) is 0 Å². The van der Waals surface area contributed by atoms with E-state index in [4.69, 9.17) is 0 Å². The highest BCUT2D eigenvalue weighted by Crippen LogP contribution is 2.24. The van der Waals surface area contributed by atoms with Crippen molar-refractivity contribution in [3.8, 4) is 0 Å². The standard InChI is InChI=1S/C11H12N2O2/c1-8-10(7-13(14)15)9-5-3-4-6-11(9)12(8)2/h3-6H,7H2,1-2H3. The lowest BCUT2D eigenvalue weighted by molar-refractivity contribution is -0.496. The number of aryl methyl sites for hydroxylation is 1. The van der Waals surface area contributed by atoms with Crippen molar-refractivity contribution in [3.63, 3.8) is 0 Å². The van der Waals surface area contributed by atoms with E-state index < -0.39 is 0 Å². The van der Waals surface area contributed by atoms with Crippen LogP contribution in [0.1, 0.15) is 11.3 Å². The average Bonchev–Trinajstić information content (AvgIpc) is 2.44. The maximum Gasteiger partial charge on any atom is 0.231 e. The van der Waals surface area contributed by atoms with E-state index in [1.807, 2.05) is 42.8 Å². The number of nitrogens with zero attached hydrogens (tertiary/aromatic N) is 2. The first-order chi connectivity index (χ1) is 7.11. The van der Waals surface area contributed by atoms with Crippen LogP contribution in [-0.2, 0) is 13.6 Å². The minimum Gasteiger partial charge on any atom is -0.347 e. The molecule has 0 aliphatic rings. The fraction of sp³-hybridized carbons (Fsp3) is 0.273. The van der Waals surface area contributed by atoms with Gasteiger partial charge in [0.25, 0.3) is 0 Å². The molecule has 0 aliphatic heterocycles. The normalized spacial score (nSPS) is 10.8. The van der Waals surface area contributed by atoms with Gasteiger partial charge in [0.1, 0.15) is 0 Å². The summed E-state index contributed by atoms with van der Waals surface area (Å²) >= 11 is 0. The fourth-order valence-corrected chi connectivity index (χ4v) is 1.93. The summed E-state index contributed by atoms with van der Waals surface area (Å²) in [4.78, 5) is 10.3. The van der Waals surface area contributed by atoms with Crippen molar-refractivity contribution >= 4 is 10.9 Å². The Hall–Kier alpha value is -1.84. The van der Waals surface area contributed by atoms with Crippen LogP contribution in [0.15, 0.2) is 24.3 Å². The third-order valence-corrected chi connectivity index (χ3v) is 2.82. The molecule has 0 bridgehead atoms. The van der Waals surface area contributed by atoms with Crippen molar-refractivity contribution in [3.05, 3.63) is 45.6 Å². The van der Waals surface area contributed by atoms with Crippen LogP contribution in [0.2, 0.25) is 0 Å². The molecule has 0 saturated carbocycles. The molecule has 0 atom stereocenters. The summed E-state index contributed by atoms with van der Waals surface area (Å²) in [6.07, 6.45) is 0. The van der Waals surface area contributed by atoms with Gasteiger partial charge < -0.3 is 4.57 Å². The molecular formula is C11H12N2O2. The number of aromatic nitrogens is 1. The molecule has 0 saturated heterocycles. The van der Waals surface area contributed by atoms with Crippen LogP contribution in [-0.4, -0.2) is 9.49 Å². The fourth-order valence-electron chi connectivity index (χ4n) is 1.93. The van der Waals surface area contributed by atoms with Gasteiger partial charge in [-0.1, -0.05) is 18.2 Å². The van der Waals surface area contributed by atoms with Gasteiger partial charge in [0.2, 0.25) is 6.54 Å². The van der Waals surface area contributed by atoms with Crippen LogP contribution in [0.3, 0.4) is 0 Å². The van der Waals surface area contributed by atoms with Gasteiger partial charge in [-0.2, -0.15) is 0 Å². The Morgan fingerprint density at radius 1 is 1.40 bits per heavy atom. The highest BCUT2D eigenvalue weighted by Gasteiger charge is 2.15. The molecule has 0 amide bonds. The van der Waals surface area contributed by atoms with Gasteiger partial charge in [0, 0.05) is 28.6 Å². The van der Waals surface area contributed by atoms with E-state index in [1.54, 1.807) is 0 Å². The molecule has 15 heavy (non-hydrogen) atoms. The second-order valence-corrected chi connectivity index (χ2v) is 3.63. The Bertz CT molecular complexity index is 529. The number of rotatable bonds is 2. The quantitative estimate of drug-likeness (QED) is 0.556. The Kier molecular flexibility index (Phi) is 2.19. The highest BCUT2D eigenvalue weighted by molar-refractivity contribution is 5.85. The molecule has 0 fully saturated rings. The minimum absolute atomic E-state index is 0.104. The van der Waals surface area contributed by atoms with Gasteiger partial charge in [-0.3, -0.25) is 10.1 Å². The summed E-state index contributed by atoms with van der Waals surface area (Å²) in [5.41, 5.74) is 2.83. The van der Waals surface area contributed by atoms with Gasteiger partial charge in [0.05, 0.1) is 5.56 Å². The molecule has 4 heteroatoms. The van der Waals surface area contributed by atoms with Crippen molar-refractivity contribution in [2.45, 2.75) is 13.5 Å². The van der Waals surface area contributed by atoms with Crippen LogP contribution in [0, 0.1) is 17.0 Å². The van der Waals surface area contributed by atoms with E-state index >= 15 is 0 Å². The summed E-state index contributed by atoms with van der Waals surface area (Å²) in [6.45, 7) is 1.81. The second kappa shape index (κ2) is 3.38. The largest absolute Gasteiger partial charge is 0.347 e. The molecule has 0 aliphatic carbocycles. The number of hydrogen-bond donors (Lipinski definition) is 0. The zero-order chi connectivity index (χ0) is 11.0. The van der Waals surface area contributed by atoms with E-state index in [-0.39, 0.29) is 11.5 Å². The maximum absolute atomic E-state index is 10.6. The summed E-state index contributed by atoms with van der Waals surface area (Å²) in [5.74, 6) is 0. The number of benzene rings is 1. The molecule has 0 unspecified atom stereocenters. The van der Waals surface area contributed by atoms with Gasteiger partial charge in [-0.05, 0) is 13.0 Å². The zero-order valence-corrected chi connectivity index (χ0v) is 8.73. The number of para-hydroxylation sites is 1. The lowest BCUT2D eigenvalue weighted by atomic mass is 10.1. The molecule has 78 valence electrons. The predicted molar refractivity (Wildman–Crippen MR) is 58.4 cm³/mol. The van der Waals surface area contributed by atoms with Crippen molar-refractivity contribution in [2.75, 3.05) is 0 Å². The van der Waals surface area contributed by atoms with Crippen LogP contribution in [0.25, 0.3) is 10.9 Å². The predicted octanol–water partition coefficient (Wildman–Crippen LogP) is 2.26. The van der Waals surface area contributed by atoms with Crippen molar-refractivity contribution in [2.24, 2.45) is 7.05 Å². The van der Waals surface area contributed by atoms with Crippen LogP contribution < -0.4 is 0 Å². The Morgan fingerprint density at radius 2 is 2.07 bits per heavy atom. The van der Waals surface area contributed by atoms with Gasteiger partial charge in [-0.25, -0.2) is 0 Å². The van der Waals surface area contributed by atoms with Crippen molar-refractivity contribution in [1.82, 2.24) is 4.57 Å². The molecule has 2 aromatic rings. The average molecular weight is 204 g/mol. The Labute approximate surface area is 87.3 Å². The summed E-state index contributed by atoms with van der Waals surface area (Å²) in [7, 11) is 1.93. The third-order valence-electron chi connectivity index (χ3n) is 2.82. The van der Waals surface area contributed by atoms with Crippen molar-refractivity contribution < 1.29 is 4.92 Å². The molecular weight excluding hydrogens is 192 g/mol. The third kappa shape index (κ3) is 1.48. The maximum atomic E-state index is 10.6. The van der Waals surface area contributed by atoms with E-state index in [2.05, 4.69) is 0 Å². The number of hydrogen-bond acceptors (Lipinski definition) is 2. The lowest BCUT2D eigenvalue weighted by Crippen LogP contribution is -2.00.